The van der Waals surface area contributed by atoms with E-state index in [-0.39, 0.29) is 0 Å². The van der Waals surface area contributed by atoms with Gasteiger partial charge in [-0.3, -0.25) is 4.90 Å². The van der Waals surface area contributed by atoms with Gasteiger partial charge >= 0.3 is 0 Å². The lowest BCUT2D eigenvalue weighted by molar-refractivity contribution is -0.0191. The maximum atomic E-state index is 5.58. The van der Waals surface area contributed by atoms with Crippen molar-refractivity contribution in [2.45, 2.75) is 60.4 Å². The molecule has 19 heavy (non-hydrogen) atoms. The van der Waals surface area contributed by atoms with E-state index >= 15 is 0 Å². The first-order valence-corrected chi connectivity index (χ1v) is 8.15. The Labute approximate surface area is 120 Å². The first-order valence-electron chi connectivity index (χ1n) is 8.15. The topological polar surface area (TPSA) is 21.7 Å². The molecule has 0 aromatic heterocycles. The van der Waals surface area contributed by atoms with Gasteiger partial charge in [0.15, 0.2) is 0 Å². The van der Waals surface area contributed by atoms with E-state index in [2.05, 4.69) is 18.7 Å². The van der Waals surface area contributed by atoms with Gasteiger partial charge in [-0.05, 0) is 26.7 Å². The Morgan fingerprint density at radius 2 is 1.84 bits per heavy atom. The Balaban J connectivity index is 0.000000741. The summed E-state index contributed by atoms with van der Waals surface area (Å²) in [7, 11) is 0. The van der Waals surface area contributed by atoms with Crippen molar-refractivity contribution >= 4 is 0 Å². The van der Waals surface area contributed by atoms with Crippen molar-refractivity contribution in [2.75, 3.05) is 39.5 Å². The standard InChI is InChI=1S/C12H23NO2.2C2H6/c1-3-14-10-12(4-5-12)9-13-6-7-15-8-11(13)2;2*1-2/h11H,3-10H2,1-2H3;2*1-2H3. The molecule has 3 heteroatoms. The van der Waals surface area contributed by atoms with Crippen LogP contribution in [-0.2, 0) is 9.47 Å². The van der Waals surface area contributed by atoms with Gasteiger partial charge in [0, 0.05) is 31.2 Å². The van der Waals surface area contributed by atoms with Gasteiger partial charge < -0.3 is 9.47 Å². The van der Waals surface area contributed by atoms with Crippen molar-refractivity contribution in [3.05, 3.63) is 0 Å². The fourth-order valence-corrected chi connectivity index (χ4v) is 2.27. The average Bonchev–Trinajstić information content (AvgIpc) is 3.24. The van der Waals surface area contributed by atoms with Gasteiger partial charge in [0.25, 0.3) is 0 Å². The quantitative estimate of drug-likeness (QED) is 0.764. The van der Waals surface area contributed by atoms with Crippen molar-refractivity contribution in [1.82, 2.24) is 4.90 Å². The summed E-state index contributed by atoms with van der Waals surface area (Å²) in [6.45, 7) is 18.2. The van der Waals surface area contributed by atoms with Crippen LogP contribution in [-0.4, -0.2) is 50.5 Å². The highest BCUT2D eigenvalue weighted by Gasteiger charge is 2.44. The Hall–Kier alpha value is -0.120. The molecule has 0 aromatic carbocycles. The number of hydrogen-bond donors (Lipinski definition) is 0. The molecular formula is C16H35NO2. The molecule has 0 N–H and O–H groups in total. The smallest absolute Gasteiger partial charge is 0.0619 e. The molecule has 0 radical (unpaired) electrons. The number of nitrogens with zero attached hydrogens (tertiary/aromatic N) is 1. The molecule has 1 atom stereocenters. The zero-order chi connectivity index (χ0) is 14.7. The van der Waals surface area contributed by atoms with Gasteiger partial charge in [0.05, 0.1) is 19.8 Å². The van der Waals surface area contributed by atoms with Crippen LogP contribution < -0.4 is 0 Å². The SMILES string of the molecule is CC.CC.CCOCC1(CN2CCOCC2C)CC1. The van der Waals surface area contributed by atoms with Crippen LogP contribution in [0.15, 0.2) is 0 Å². The minimum atomic E-state index is 0.488. The molecule has 3 nitrogen and oxygen atoms in total. The van der Waals surface area contributed by atoms with E-state index in [4.69, 9.17) is 9.47 Å². The molecule has 1 aliphatic heterocycles. The average molecular weight is 273 g/mol. The van der Waals surface area contributed by atoms with Crippen LogP contribution in [0.3, 0.4) is 0 Å². The minimum absolute atomic E-state index is 0.488. The molecule has 1 saturated carbocycles. The normalized spacial score (nSPS) is 24.6. The molecule has 2 rings (SSSR count). The van der Waals surface area contributed by atoms with Gasteiger partial charge in [-0.25, -0.2) is 0 Å². The van der Waals surface area contributed by atoms with Crippen LogP contribution in [0.5, 0.6) is 0 Å². The third kappa shape index (κ3) is 6.73. The highest BCUT2D eigenvalue weighted by atomic mass is 16.5. The summed E-state index contributed by atoms with van der Waals surface area (Å²) in [6, 6.07) is 0.581. The largest absolute Gasteiger partial charge is 0.381 e. The molecule has 0 aromatic rings. The lowest BCUT2D eigenvalue weighted by atomic mass is 10.1. The summed E-state index contributed by atoms with van der Waals surface area (Å²) in [5.74, 6) is 0. The Bertz CT molecular complexity index is 205. The Kier molecular flexibility index (Phi) is 10.6. The first kappa shape index (κ1) is 18.9. The van der Waals surface area contributed by atoms with Gasteiger partial charge in [0.2, 0.25) is 0 Å². The molecular weight excluding hydrogens is 238 g/mol. The van der Waals surface area contributed by atoms with E-state index in [1.807, 2.05) is 27.7 Å². The van der Waals surface area contributed by atoms with E-state index < -0.39 is 0 Å². The van der Waals surface area contributed by atoms with E-state index in [1.54, 1.807) is 0 Å². The lowest BCUT2D eigenvalue weighted by Crippen LogP contribution is -2.46. The van der Waals surface area contributed by atoms with Crippen molar-refractivity contribution in [2.24, 2.45) is 5.41 Å². The molecule has 0 bridgehead atoms. The highest BCUT2D eigenvalue weighted by Crippen LogP contribution is 2.46. The summed E-state index contributed by atoms with van der Waals surface area (Å²) in [5, 5.41) is 0. The van der Waals surface area contributed by atoms with Crippen LogP contribution >= 0.6 is 0 Å². The molecule has 1 saturated heterocycles. The molecule has 0 amide bonds. The van der Waals surface area contributed by atoms with Gasteiger partial charge in [0.1, 0.15) is 0 Å². The second-order valence-electron chi connectivity index (χ2n) is 5.03. The van der Waals surface area contributed by atoms with E-state index in [0.29, 0.717) is 11.5 Å². The summed E-state index contributed by atoms with van der Waals surface area (Å²) in [6.07, 6.45) is 2.69. The monoisotopic (exact) mass is 273 g/mol. The zero-order valence-electron chi connectivity index (χ0n) is 14.0. The fraction of sp³-hybridized carbons (Fsp3) is 1.00. The first-order chi connectivity index (χ1) is 9.26. The van der Waals surface area contributed by atoms with Crippen molar-refractivity contribution in [3.63, 3.8) is 0 Å². The third-order valence-corrected chi connectivity index (χ3v) is 3.61. The zero-order valence-corrected chi connectivity index (χ0v) is 14.0. The molecule has 0 spiro atoms. The van der Waals surface area contributed by atoms with Crippen LogP contribution in [0.2, 0.25) is 0 Å². The number of hydrogen-bond acceptors (Lipinski definition) is 3. The Morgan fingerprint density at radius 1 is 1.21 bits per heavy atom. The molecule has 116 valence electrons. The number of rotatable bonds is 5. The summed E-state index contributed by atoms with van der Waals surface area (Å²) in [4.78, 5) is 2.56. The van der Waals surface area contributed by atoms with Gasteiger partial charge in [-0.1, -0.05) is 27.7 Å². The fourth-order valence-electron chi connectivity index (χ4n) is 2.27. The summed E-state index contributed by atoms with van der Waals surface area (Å²) < 4.78 is 11.0. The van der Waals surface area contributed by atoms with Crippen LogP contribution in [0.1, 0.15) is 54.4 Å². The molecule has 1 unspecified atom stereocenters. The van der Waals surface area contributed by atoms with Crippen LogP contribution in [0.4, 0.5) is 0 Å². The van der Waals surface area contributed by atoms with Crippen molar-refractivity contribution in [3.8, 4) is 0 Å². The second-order valence-corrected chi connectivity index (χ2v) is 5.03. The van der Waals surface area contributed by atoms with E-state index in [9.17, 15) is 0 Å². The number of ether oxygens (including phenoxy) is 2. The molecule has 2 aliphatic rings. The molecule has 2 fully saturated rings. The second kappa shape index (κ2) is 10.6. The van der Waals surface area contributed by atoms with Gasteiger partial charge in [-0.15, -0.1) is 0 Å². The molecule has 1 heterocycles. The van der Waals surface area contributed by atoms with E-state index in [1.165, 1.54) is 19.4 Å². The van der Waals surface area contributed by atoms with Crippen LogP contribution in [0.25, 0.3) is 0 Å². The maximum Gasteiger partial charge on any atom is 0.0619 e. The molecule has 1 aliphatic carbocycles. The minimum Gasteiger partial charge on any atom is -0.381 e. The summed E-state index contributed by atoms with van der Waals surface area (Å²) >= 11 is 0. The van der Waals surface area contributed by atoms with E-state index in [0.717, 1.165) is 33.0 Å². The third-order valence-electron chi connectivity index (χ3n) is 3.61. The van der Waals surface area contributed by atoms with Crippen molar-refractivity contribution < 1.29 is 9.47 Å². The maximum absolute atomic E-state index is 5.58. The summed E-state index contributed by atoms with van der Waals surface area (Å²) in [5.41, 5.74) is 0.488. The predicted octanol–water partition coefficient (Wildman–Crippen LogP) is 3.58. The van der Waals surface area contributed by atoms with Gasteiger partial charge in [-0.2, -0.15) is 0 Å². The number of morpholine rings is 1. The van der Waals surface area contributed by atoms with Crippen molar-refractivity contribution in [1.29, 1.82) is 0 Å². The highest BCUT2D eigenvalue weighted by molar-refractivity contribution is 4.96. The Morgan fingerprint density at radius 3 is 2.32 bits per heavy atom. The predicted molar refractivity (Wildman–Crippen MR) is 82.7 cm³/mol. The van der Waals surface area contributed by atoms with Crippen LogP contribution in [0, 0.1) is 5.41 Å². The lowest BCUT2D eigenvalue weighted by Gasteiger charge is -2.35.